The number of hydrogen-bond donors (Lipinski definition) is 1. The quantitative estimate of drug-likeness (QED) is 0.812. The average molecular weight is 239 g/mol. The molecule has 0 spiro atoms. The smallest absolute Gasteiger partial charge is 0.104 e. The first-order valence-corrected chi connectivity index (χ1v) is 6.09. The van der Waals surface area contributed by atoms with E-state index in [2.05, 4.69) is 17.6 Å². The maximum Gasteiger partial charge on any atom is 0.104 e. The Morgan fingerprint density at radius 3 is 2.61 bits per heavy atom. The molecule has 0 saturated carbocycles. The number of aryl methyl sites for hydroxylation is 1. The molecule has 0 aliphatic heterocycles. The summed E-state index contributed by atoms with van der Waals surface area (Å²) in [5.74, 6) is 0. The summed E-state index contributed by atoms with van der Waals surface area (Å²) in [4.78, 5) is 3.97. The molecule has 0 aliphatic rings. The number of aliphatic hydroxyl groups excluding tert-OH is 1. The van der Waals surface area contributed by atoms with Crippen molar-refractivity contribution in [2.45, 2.75) is 18.9 Å². The lowest BCUT2D eigenvalue weighted by Crippen LogP contribution is -2.03. The molecule has 0 saturated heterocycles. The van der Waals surface area contributed by atoms with E-state index in [1.807, 2.05) is 36.4 Å². The molecule has 1 heterocycles. The van der Waals surface area contributed by atoms with Gasteiger partial charge in [0, 0.05) is 12.4 Å². The van der Waals surface area contributed by atoms with Crippen LogP contribution in [0.5, 0.6) is 0 Å². The lowest BCUT2D eigenvalue weighted by molar-refractivity contribution is 0.219. The molecule has 0 radical (unpaired) electrons. The fourth-order valence-corrected chi connectivity index (χ4v) is 2.01. The largest absolute Gasteiger partial charge is 0.384 e. The second-order valence-electron chi connectivity index (χ2n) is 4.21. The van der Waals surface area contributed by atoms with Gasteiger partial charge in [-0.15, -0.1) is 6.58 Å². The normalized spacial score (nSPS) is 12.1. The van der Waals surface area contributed by atoms with E-state index in [4.69, 9.17) is 0 Å². The SMILES string of the molecule is C=CCCc1ccccc1C(O)c1ccncc1. The Morgan fingerprint density at radius 2 is 1.89 bits per heavy atom. The Labute approximate surface area is 108 Å². The Balaban J connectivity index is 2.29. The van der Waals surface area contributed by atoms with Crippen LogP contribution >= 0.6 is 0 Å². The maximum atomic E-state index is 10.4. The van der Waals surface area contributed by atoms with E-state index in [1.54, 1.807) is 12.4 Å². The monoisotopic (exact) mass is 239 g/mol. The molecule has 2 rings (SSSR count). The first kappa shape index (κ1) is 12.5. The summed E-state index contributed by atoms with van der Waals surface area (Å²) < 4.78 is 0. The Kier molecular flexibility index (Phi) is 4.26. The summed E-state index contributed by atoms with van der Waals surface area (Å²) in [5.41, 5.74) is 3.00. The topological polar surface area (TPSA) is 33.1 Å². The van der Waals surface area contributed by atoms with Gasteiger partial charge < -0.3 is 5.11 Å². The van der Waals surface area contributed by atoms with Gasteiger partial charge in [-0.05, 0) is 41.7 Å². The van der Waals surface area contributed by atoms with Gasteiger partial charge in [0.05, 0.1) is 0 Å². The van der Waals surface area contributed by atoms with E-state index in [0.717, 1.165) is 24.0 Å². The number of hydrogen-bond acceptors (Lipinski definition) is 2. The molecule has 92 valence electrons. The Bertz CT molecular complexity index is 508. The van der Waals surface area contributed by atoms with Crippen LogP contribution in [-0.4, -0.2) is 10.1 Å². The lowest BCUT2D eigenvalue weighted by atomic mass is 9.95. The van der Waals surface area contributed by atoms with E-state index < -0.39 is 6.10 Å². The zero-order valence-corrected chi connectivity index (χ0v) is 10.3. The summed E-state index contributed by atoms with van der Waals surface area (Å²) in [6.07, 6.45) is 6.53. The minimum atomic E-state index is -0.589. The lowest BCUT2D eigenvalue weighted by Gasteiger charge is -2.15. The summed E-state index contributed by atoms with van der Waals surface area (Å²) in [7, 11) is 0. The summed E-state index contributed by atoms with van der Waals surface area (Å²) in [5, 5.41) is 10.4. The minimum Gasteiger partial charge on any atom is -0.384 e. The molecule has 2 heteroatoms. The Morgan fingerprint density at radius 1 is 1.17 bits per heavy atom. The average Bonchev–Trinajstić information content (AvgIpc) is 2.45. The molecule has 2 nitrogen and oxygen atoms in total. The molecule has 0 fully saturated rings. The molecule has 18 heavy (non-hydrogen) atoms. The van der Waals surface area contributed by atoms with Crippen LogP contribution < -0.4 is 0 Å². The van der Waals surface area contributed by atoms with Crippen LogP contribution in [-0.2, 0) is 6.42 Å². The number of aliphatic hydroxyl groups is 1. The third kappa shape index (κ3) is 2.84. The highest BCUT2D eigenvalue weighted by Gasteiger charge is 2.13. The van der Waals surface area contributed by atoms with Crippen LogP contribution in [0.3, 0.4) is 0 Å². The molecule has 1 atom stereocenters. The zero-order chi connectivity index (χ0) is 12.8. The van der Waals surface area contributed by atoms with Gasteiger partial charge in [0.2, 0.25) is 0 Å². The van der Waals surface area contributed by atoms with Crippen LogP contribution in [0, 0.1) is 0 Å². The van der Waals surface area contributed by atoms with Gasteiger partial charge >= 0.3 is 0 Å². The van der Waals surface area contributed by atoms with Crippen molar-refractivity contribution >= 4 is 0 Å². The van der Waals surface area contributed by atoms with Crippen molar-refractivity contribution in [3.8, 4) is 0 Å². The molecule has 1 aromatic carbocycles. The molecule has 0 bridgehead atoms. The highest BCUT2D eigenvalue weighted by Crippen LogP contribution is 2.25. The summed E-state index contributed by atoms with van der Waals surface area (Å²) in [6.45, 7) is 3.74. The first-order valence-electron chi connectivity index (χ1n) is 6.09. The van der Waals surface area contributed by atoms with Crippen LogP contribution in [0.1, 0.15) is 29.2 Å². The Hall–Kier alpha value is -1.93. The molecule has 2 aromatic rings. The van der Waals surface area contributed by atoms with Crippen molar-refractivity contribution in [3.63, 3.8) is 0 Å². The molecule has 1 N–H and O–H groups in total. The van der Waals surface area contributed by atoms with Crippen molar-refractivity contribution in [1.29, 1.82) is 0 Å². The number of nitrogens with zero attached hydrogens (tertiary/aromatic N) is 1. The van der Waals surface area contributed by atoms with Gasteiger partial charge in [0.15, 0.2) is 0 Å². The van der Waals surface area contributed by atoms with E-state index in [0.29, 0.717) is 0 Å². The third-order valence-electron chi connectivity index (χ3n) is 2.99. The van der Waals surface area contributed by atoms with Crippen molar-refractivity contribution in [1.82, 2.24) is 4.98 Å². The first-order chi connectivity index (χ1) is 8.83. The maximum absolute atomic E-state index is 10.4. The standard InChI is InChI=1S/C16H17NO/c1-2-3-6-13-7-4-5-8-15(13)16(18)14-9-11-17-12-10-14/h2,4-5,7-12,16,18H,1,3,6H2. The fourth-order valence-electron chi connectivity index (χ4n) is 2.01. The third-order valence-corrected chi connectivity index (χ3v) is 2.99. The molecular weight excluding hydrogens is 222 g/mol. The summed E-state index contributed by atoms with van der Waals surface area (Å²) >= 11 is 0. The highest BCUT2D eigenvalue weighted by molar-refractivity contribution is 5.35. The zero-order valence-electron chi connectivity index (χ0n) is 10.3. The van der Waals surface area contributed by atoms with E-state index >= 15 is 0 Å². The van der Waals surface area contributed by atoms with Crippen LogP contribution in [0.15, 0.2) is 61.4 Å². The molecular formula is C16H17NO. The highest BCUT2D eigenvalue weighted by atomic mass is 16.3. The fraction of sp³-hybridized carbons (Fsp3) is 0.188. The van der Waals surface area contributed by atoms with E-state index in [-0.39, 0.29) is 0 Å². The van der Waals surface area contributed by atoms with Crippen LogP contribution in [0.25, 0.3) is 0 Å². The van der Waals surface area contributed by atoms with Gasteiger partial charge in [-0.25, -0.2) is 0 Å². The van der Waals surface area contributed by atoms with Gasteiger partial charge in [-0.2, -0.15) is 0 Å². The second-order valence-corrected chi connectivity index (χ2v) is 4.21. The molecule has 0 amide bonds. The molecule has 1 aromatic heterocycles. The molecule has 0 aliphatic carbocycles. The van der Waals surface area contributed by atoms with Crippen molar-refractivity contribution in [2.75, 3.05) is 0 Å². The predicted molar refractivity (Wildman–Crippen MR) is 73.3 cm³/mol. The second kappa shape index (κ2) is 6.12. The number of aromatic nitrogens is 1. The van der Waals surface area contributed by atoms with E-state index in [1.165, 1.54) is 5.56 Å². The van der Waals surface area contributed by atoms with Crippen LogP contribution in [0.2, 0.25) is 0 Å². The predicted octanol–water partition coefficient (Wildman–Crippen LogP) is 3.28. The van der Waals surface area contributed by atoms with Crippen molar-refractivity contribution < 1.29 is 5.11 Å². The summed E-state index contributed by atoms with van der Waals surface area (Å²) in [6, 6.07) is 11.7. The number of pyridine rings is 1. The number of benzene rings is 1. The number of rotatable bonds is 5. The minimum absolute atomic E-state index is 0.589. The van der Waals surface area contributed by atoms with Gasteiger partial charge in [-0.3, -0.25) is 4.98 Å². The van der Waals surface area contributed by atoms with Crippen molar-refractivity contribution in [3.05, 3.63) is 78.1 Å². The number of allylic oxidation sites excluding steroid dienone is 1. The van der Waals surface area contributed by atoms with Crippen LogP contribution in [0.4, 0.5) is 0 Å². The van der Waals surface area contributed by atoms with Crippen molar-refractivity contribution in [2.24, 2.45) is 0 Å². The van der Waals surface area contributed by atoms with E-state index in [9.17, 15) is 5.11 Å². The van der Waals surface area contributed by atoms with Gasteiger partial charge in [-0.1, -0.05) is 30.3 Å². The van der Waals surface area contributed by atoms with Gasteiger partial charge in [0.25, 0.3) is 0 Å². The van der Waals surface area contributed by atoms with Gasteiger partial charge in [0.1, 0.15) is 6.10 Å². The molecule has 1 unspecified atom stereocenters.